The van der Waals surface area contributed by atoms with E-state index in [0.29, 0.717) is 12.8 Å². The van der Waals surface area contributed by atoms with Crippen molar-refractivity contribution in [2.45, 2.75) is 59.2 Å². The zero-order valence-corrected chi connectivity index (χ0v) is 12.2. The first kappa shape index (κ1) is 18.0. The maximum absolute atomic E-state index is 11.9. The van der Waals surface area contributed by atoms with E-state index in [1.54, 1.807) is 20.8 Å². The van der Waals surface area contributed by atoms with Crippen molar-refractivity contribution in [3.63, 3.8) is 0 Å². The molecule has 0 bridgehead atoms. The third-order valence-corrected chi connectivity index (χ3v) is 2.75. The average Bonchev–Trinajstić information content (AvgIpc) is 2.27. The van der Waals surface area contributed by atoms with E-state index < -0.39 is 29.1 Å². The number of carbonyl (C=O) groups excluding carboxylic acids is 2. The Labute approximate surface area is 113 Å². The summed E-state index contributed by atoms with van der Waals surface area (Å²) in [5.41, 5.74) is -1.96. The van der Waals surface area contributed by atoms with Crippen molar-refractivity contribution >= 4 is 11.9 Å². The summed E-state index contributed by atoms with van der Waals surface area (Å²) in [7, 11) is 0. The second-order valence-electron chi connectivity index (χ2n) is 5.69. The Morgan fingerprint density at radius 2 is 1.68 bits per heavy atom. The van der Waals surface area contributed by atoms with Crippen LogP contribution in [0.15, 0.2) is 0 Å². The lowest BCUT2D eigenvalue weighted by atomic mass is 9.89. The highest BCUT2D eigenvalue weighted by molar-refractivity contribution is 5.92. The van der Waals surface area contributed by atoms with Gasteiger partial charge in [-0.15, -0.1) is 0 Å². The Kier molecular flexibility index (Phi) is 6.58. The second-order valence-corrected chi connectivity index (χ2v) is 5.69. The van der Waals surface area contributed by atoms with Gasteiger partial charge in [-0.3, -0.25) is 9.68 Å². The fourth-order valence-electron chi connectivity index (χ4n) is 1.55. The van der Waals surface area contributed by atoms with Gasteiger partial charge in [-0.25, -0.2) is 21.4 Å². The average molecular weight is 276 g/mol. The molecule has 0 rings (SSSR count). The third-order valence-electron chi connectivity index (χ3n) is 2.75. The molecule has 2 atom stereocenters. The molecule has 0 heterocycles. The van der Waals surface area contributed by atoms with Gasteiger partial charge in [0.15, 0.2) is 11.7 Å². The predicted octanol–water partition coefficient (Wildman–Crippen LogP) is 0.810. The minimum Gasteiger partial charge on any atom is -0.389 e. The second kappa shape index (κ2) is 6.95. The van der Waals surface area contributed by atoms with E-state index in [1.165, 1.54) is 6.92 Å². The Hall–Kier alpha value is -1.02. The third kappa shape index (κ3) is 4.87. The molecule has 0 aromatic rings. The highest BCUT2D eigenvalue weighted by Crippen LogP contribution is 2.24. The van der Waals surface area contributed by atoms with Gasteiger partial charge < -0.3 is 4.74 Å². The lowest BCUT2D eigenvalue weighted by molar-refractivity contribution is -0.188. The molecule has 112 valence electrons. The van der Waals surface area contributed by atoms with Gasteiger partial charge in [-0.05, 0) is 13.3 Å². The van der Waals surface area contributed by atoms with Gasteiger partial charge in [-0.2, -0.15) is 0 Å². The lowest BCUT2D eigenvalue weighted by Crippen LogP contribution is -2.47. The number of nitrogens with two attached hydrogens (primary N) is 2. The Balaban J connectivity index is 4.85. The smallest absolute Gasteiger partial charge is 0.347 e. The number of ether oxygens (including phenoxy) is 1. The molecule has 7 nitrogen and oxygen atoms in total. The number of rotatable bonds is 6. The standard InChI is InChI=1S/C12H24N2O5/c1-6-7-12(5,19-14)10(16)17-9(15)8(18-13)11(2,3)4/h8H,6-7,13-14H2,1-5H3. The van der Waals surface area contributed by atoms with Crippen molar-refractivity contribution in [1.29, 1.82) is 0 Å². The molecule has 19 heavy (non-hydrogen) atoms. The summed E-state index contributed by atoms with van der Waals surface area (Å²) in [6.45, 7) is 8.53. The first-order valence-electron chi connectivity index (χ1n) is 6.12. The van der Waals surface area contributed by atoms with E-state index in [-0.39, 0.29) is 0 Å². The lowest BCUT2D eigenvalue weighted by Gasteiger charge is -2.28. The van der Waals surface area contributed by atoms with E-state index in [1.807, 2.05) is 6.92 Å². The van der Waals surface area contributed by atoms with Crippen LogP contribution in [0.2, 0.25) is 0 Å². The van der Waals surface area contributed by atoms with Crippen LogP contribution in [0.1, 0.15) is 47.5 Å². The van der Waals surface area contributed by atoms with E-state index in [9.17, 15) is 9.59 Å². The van der Waals surface area contributed by atoms with Crippen LogP contribution in [0.25, 0.3) is 0 Å². The number of hydrogen-bond donors (Lipinski definition) is 2. The largest absolute Gasteiger partial charge is 0.389 e. The molecular weight excluding hydrogens is 252 g/mol. The molecule has 0 spiro atoms. The van der Waals surface area contributed by atoms with Gasteiger partial charge >= 0.3 is 11.9 Å². The predicted molar refractivity (Wildman–Crippen MR) is 68.2 cm³/mol. The molecule has 0 radical (unpaired) electrons. The summed E-state index contributed by atoms with van der Waals surface area (Å²) in [6, 6.07) is 0. The van der Waals surface area contributed by atoms with E-state index >= 15 is 0 Å². The van der Waals surface area contributed by atoms with Crippen LogP contribution < -0.4 is 11.8 Å². The van der Waals surface area contributed by atoms with Gasteiger partial charge in [0.25, 0.3) is 0 Å². The monoisotopic (exact) mass is 276 g/mol. The molecule has 0 aromatic heterocycles. The molecule has 0 amide bonds. The van der Waals surface area contributed by atoms with Gasteiger partial charge in [0, 0.05) is 5.41 Å². The van der Waals surface area contributed by atoms with E-state index in [2.05, 4.69) is 9.68 Å². The minimum absolute atomic E-state index is 0.333. The van der Waals surface area contributed by atoms with Crippen LogP contribution in [-0.2, 0) is 24.0 Å². The zero-order valence-electron chi connectivity index (χ0n) is 12.2. The fourth-order valence-corrected chi connectivity index (χ4v) is 1.55. The molecule has 0 saturated carbocycles. The summed E-state index contributed by atoms with van der Waals surface area (Å²) >= 11 is 0. The minimum atomic E-state index is -1.36. The van der Waals surface area contributed by atoms with E-state index in [0.717, 1.165) is 0 Å². The first-order valence-corrected chi connectivity index (χ1v) is 6.12. The summed E-state index contributed by atoms with van der Waals surface area (Å²) in [5, 5.41) is 0. The van der Waals surface area contributed by atoms with Gasteiger partial charge in [0.1, 0.15) is 0 Å². The van der Waals surface area contributed by atoms with Crippen LogP contribution >= 0.6 is 0 Å². The van der Waals surface area contributed by atoms with Crippen molar-refractivity contribution in [2.75, 3.05) is 0 Å². The van der Waals surface area contributed by atoms with Gasteiger partial charge in [0.05, 0.1) is 0 Å². The van der Waals surface area contributed by atoms with E-state index in [4.69, 9.17) is 16.5 Å². The molecular formula is C12H24N2O5. The van der Waals surface area contributed by atoms with Crippen molar-refractivity contribution in [3.8, 4) is 0 Å². The number of carbonyl (C=O) groups is 2. The molecule has 7 heteroatoms. The quantitative estimate of drug-likeness (QED) is 0.419. The number of esters is 2. The molecule has 4 N–H and O–H groups in total. The van der Waals surface area contributed by atoms with Crippen molar-refractivity contribution in [2.24, 2.45) is 17.2 Å². The van der Waals surface area contributed by atoms with Gasteiger partial charge in [0.2, 0.25) is 0 Å². The zero-order chi connectivity index (χ0) is 15.3. The molecule has 0 aromatic carbocycles. The maximum Gasteiger partial charge on any atom is 0.347 e. The first-order chi connectivity index (χ1) is 8.62. The number of hydrogen-bond acceptors (Lipinski definition) is 7. The van der Waals surface area contributed by atoms with Crippen molar-refractivity contribution < 1.29 is 24.0 Å². The van der Waals surface area contributed by atoms with Crippen LogP contribution in [0, 0.1) is 5.41 Å². The SMILES string of the molecule is CCCC(C)(ON)C(=O)OC(=O)C(ON)C(C)(C)C. The van der Waals surface area contributed by atoms with Crippen LogP contribution in [0.3, 0.4) is 0 Å². The summed E-state index contributed by atoms with van der Waals surface area (Å²) < 4.78 is 4.75. The summed E-state index contributed by atoms with van der Waals surface area (Å²) in [4.78, 5) is 33.0. The summed E-state index contributed by atoms with van der Waals surface area (Å²) in [6.07, 6.45) is -0.0769. The molecule has 0 aliphatic rings. The van der Waals surface area contributed by atoms with Crippen LogP contribution in [0.5, 0.6) is 0 Å². The normalized spacial score (nSPS) is 16.6. The molecule has 0 aliphatic heterocycles. The molecule has 2 unspecified atom stereocenters. The Morgan fingerprint density at radius 3 is 2.00 bits per heavy atom. The topological polar surface area (TPSA) is 114 Å². The fraction of sp³-hybridized carbons (Fsp3) is 0.833. The highest BCUT2D eigenvalue weighted by atomic mass is 16.7. The molecule has 0 aliphatic carbocycles. The molecule has 0 fully saturated rings. The van der Waals surface area contributed by atoms with Crippen LogP contribution in [-0.4, -0.2) is 23.6 Å². The Morgan fingerprint density at radius 1 is 1.16 bits per heavy atom. The maximum atomic E-state index is 11.9. The van der Waals surface area contributed by atoms with Gasteiger partial charge in [-0.1, -0.05) is 34.1 Å². The summed E-state index contributed by atoms with van der Waals surface area (Å²) in [5.74, 6) is 8.45. The Bertz CT molecular complexity index is 327. The highest BCUT2D eigenvalue weighted by Gasteiger charge is 2.41. The molecule has 0 saturated heterocycles. The van der Waals surface area contributed by atoms with Crippen molar-refractivity contribution in [1.82, 2.24) is 0 Å². The van der Waals surface area contributed by atoms with Crippen LogP contribution in [0.4, 0.5) is 0 Å². The van der Waals surface area contributed by atoms with Crippen molar-refractivity contribution in [3.05, 3.63) is 0 Å².